The average molecular weight is 295 g/mol. The number of pyridine rings is 1. The highest BCUT2D eigenvalue weighted by molar-refractivity contribution is 7.89. The molecular weight excluding hydrogens is 278 g/mol. The van der Waals surface area contributed by atoms with Gasteiger partial charge in [0, 0.05) is 17.3 Å². The first-order valence-electron chi connectivity index (χ1n) is 6.05. The number of nitrogens with zero attached hydrogens (tertiary/aromatic N) is 1. The van der Waals surface area contributed by atoms with Crippen molar-refractivity contribution < 1.29 is 13.5 Å². The van der Waals surface area contributed by atoms with Crippen LogP contribution in [0, 0.1) is 0 Å². The fraction of sp³-hybridized carbons (Fsp3) is 0.308. The molecule has 0 aliphatic rings. The summed E-state index contributed by atoms with van der Waals surface area (Å²) in [6.45, 7) is 2.88. The van der Waals surface area contributed by atoms with Crippen LogP contribution in [-0.2, 0) is 10.0 Å². The van der Waals surface area contributed by atoms with Crippen LogP contribution in [0.3, 0.4) is 0 Å². The van der Waals surface area contributed by atoms with Crippen molar-refractivity contribution in [3.63, 3.8) is 0 Å². The van der Waals surface area contributed by atoms with Crippen LogP contribution in [0.5, 0.6) is 0 Å². The number of fused-ring (bicyclic) bond motifs is 1. The van der Waals surface area contributed by atoms with Crippen LogP contribution in [0.1, 0.15) is 13.8 Å². The first-order valence-corrected chi connectivity index (χ1v) is 7.53. The van der Waals surface area contributed by atoms with Crippen molar-refractivity contribution in [2.75, 3.05) is 12.3 Å². The molecule has 0 aliphatic heterocycles. The van der Waals surface area contributed by atoms with Gasteiger partial charge in [-0.3, -0.25) is 4.98 Å². The molecule has 1 heterocycles. The van der Waals surface area contributed by atoms with Crippen LogP contribution in [-0.4, -0.2) is 30.7 Å². The minimum absolute atomic E-state index is 0.0452. The predicted molar refractivity (Wildman–Crippen MR) is 77.6 cm³/mol. The molecule has 0 unspecified atom stereocenters. The van der Waals surface area contributed by atoms with Gasteiger partial charge >= 0.3 is 0 Å². The number of anilines is 1. The van der Waals surface area contributed by atoms with Crippen molar-refractivity contribution in [3.8, 4) is 0 Å². The van der Waals surface area contributed by atoms with Gasteiger partial charge in [-0.2, -0.15) is 0 Å². The third-order valence-electron chi connectivity index (χ3n) is 2.86. The van der Waals surface area contributed by atoms with Gasteiger partial charge in [0.15, 0.2) is 0 Å². The fourth-order valence-electron chi connectivity index (χ4n) is 1.84. The van der Waals surface area contributed by atoms with Gasteiger partial charge in [0.2, 0.25) is 10.0 Å². The number of benzene rings is 1. The fourth-order valence-corrected chi connectivity index (χ4v) is 3.40. The molecule has 0 fully saturated rings. The Morgan fingerprint density at radius 1 is 1.35 bits per heavy atom. The Morgan fingerprint density at radius 3 is 2.70 bits per heavy atom. The summed E-state index contributed by atoms with van der Waals surface area (Å²) in [5, 5.41) is 9.78. The standard InChI is InChI=1S/C13H17N3O3S/c1-13(2,8-17)16-20(18,19)11-6-5-10(14)9-4-3-7-15-12(9)11/h3-7,16-17H,8,14H2,1-2H3. The lowest BCUT2D eigenvalue weighted by Crippen LogP contribution is -2.46. The Hall–Kier alpha value is -1.70. The van der Waals surface area contributed by atoms with Gasteiger partial charge in [0.05, 0.1) is 17.7 Å². The Balaban J connectivity index is 2.61. The Morgan fingerprint density at radius 2 is 2.05 bits per heavy atom. The number of rotatable bonds is 4. The summed E-state index contributed by atoms with van der Waals surface area (Å²) in [6.07, 6.45) is 1.51. The van der Waals surface area contributed by atoms with Crippen LogP contribution >= 0.6 is 0 Å². The van der Waals surface area contributed by atoms with E-state index in [1.807, 2.05) is 0 Å². The number of sulfonamides is 1. The maximum atomic E-state index is 12.4. The molecule has 1 aromatic carbocycles. The van der Waals surface area contributed by atoms with Gasteiger partial charge in [-0.15, -0.1) is 0 Å². The van der Waals surface area contributed by atoms with E-state index >= 15 is 0 Å². The van der Waals surface area contributed by atoms with Crippen molar-refractivity contribution in [2.24, 2.45) is 0 Å². The topological polar surface area (TPSA) is 105 Å². The third-order valence-corrected chi connectivity index (χ3v) is 4.59. The Bertz CT molecular complexity index is 742. The van der Waals surface area contributed by atoms with Crippen LogP contribution in [0.4, 0.5) is 5.69 Å². The van der Waals surface area contributed by atoms with Crippen molar-refractivity contribution in [2.45, 2.75) is 24.3 Å². The van der Waals surface area contributed by atoms with Gasteiger partial charge in [0.1, 0.15) is 4.90 Å². The minimum atomic E-state index is -3.80. The largest absolute Gasteiger partial charge is 0.398 e. The second-order valence-corrected chi connectivity index (χ2v) is 6.85. The summed E-state index contributed by atoms with van der Waals surface area (Å²) in [5.41, 5.74) is 5.65. The number of aliphatic hydroxyl groups is 1. The average Bonchev–Trinajstić information content (AvgIpc) is 2.38. The summed E-state index contributed by atoms with van der Waals surface area (Å²) in [6, 6.07) is 6.36. The highest BCUT2D eigenvalue weighted by Gasteiger charge is 2.27. The second kappa shape index (κ2) is 5.01. The molecular formula is C13H17N3O3S. The molecule has 0 amide bonds. The molecule has 0 atom stereocenters. The highest BCUT2D eigenvalue weighted by Crippen LogP contribution is 2.26. The first-order chi connectivity index (χ1) is 9.27. The number of aromatic nitrogens is 1. The Kier molecular flexibility index (Phi) is 3.68. The molecule has 108 valence electrons. The maximum Gasteiger partial charge on any atom is 0.243 e. The lowest BCUT2D eigenvalue weighted by atomic mass is 10.1. The Labute approximate surface area is 117 Å². The van der Waals surface area contributed by atoms with Gasteiger partial charge < -0.3 is 10.8 Å². The van der Waals surface area contributed by atoms with Crippen LogP contribution in [0.2, 0.25) is 0 Å². The summed E-state index contributed by atoms with van der Waals surface area (Å²) >= 11 is 0. The van der Waals surface area contributed by atoms with Gasteiger partial charge in [-0.05, 0) is 38.1 Å². The molecule has 2 aromatic rings. The van der Waals surface area contributed by atoms with Crippen LogP contribution in [0.25, 0.3) is 10.9 Å². The van der Waals surface area contributed by atoms with E-state index in [0.717, 1.165) is 0 Å². The molecule has 1 aromatic heterocycles. The number of aliphatic hydroxyl groups excluding tert-OH is 1. The summed E-state index contributed by atoms with van der Waals surface area (Å²) in [5.74, 6) is 0. The lowest BCUT2D eigenvalue weighted by Gasteiger charge is -2.23. The highest BCUT2D eigenvalue weighted by atomic mass is 32.2. The second-order valence-electron chi connectivity index (χ2n) is 5.20. The number of hydrogen-bond acceptors (Lipinski definition) is 5. The lowest BCUT2D eigenvalue weighted by molar-refractivity contribution is 0.208. The van der Waals surface area contributed by atoms with E-state index in [1.165, 1.54) is 18.3 Å². The number of nitrogens with one attached hydrogen (secondary N) is 1. The molecule has 0 saturated heterocycles. The van der Waals surface area contributed by atoms with Gasteiger partial charge in [0.25, 0.3) is 0 Å². The van der Waals surface area contributed by atoms with Crippen molar-refractivity contribution >= 4 is 26.6 Å². The zero-order chi connectivity index (χ0) is 15.0. The molecule has 2 rings (SSSR count). The molecule has 0 bridgehead atoms. The summed E-state index contributed by atoms with van der Waals surface area (Å²) in [4.78, 5) is 4.15. The normalized spacial score (nSPS) is 12.8. The van der Waals surface area contributed by atoms with E-state index < -0.39 is 15.6 Å². The zero-order valence-electron chi connectivity index (χ0n) is 11.3. The monoisotopic (exact) mass is 295 g/mol. The van der Waals surface area contributed by atoms with Crippen LogP contribution in [0.15, 0.2) is 35.4 Å². The minimum Gasteiger partial charge on any atom is -0.398 e. The van der Waals surface area contributed by atoms with Crippen LogP contribution < -0.4 is 10.5 Å². The van der Waals surface area contributed by atoms with E-state index in [2.05, 4.69) is 9.71 Å². The van der Waals surface area contributed by atoms with Crippen molar-refractivity contribution in [3.05, 3.63) is 30.5 Å². The van der Waals surface area contributed by atoms with E-state index in [1.54, 1.807) is 26.0 Å². The van der Waals surface area contributed by atoms with Gasteiger partial charge in [-0.1, -0.05) is 0 Å². The molecule has 0 aliphatic carbocycles. The smallest absolute Gasteiger partial charge is 0.243 e. The summed E-state index contributed by atoms with van der Waals surface area (Å²) < 4.78 is 27.3. The van der Waals surface area contributed by atoms with Crippen molar-refractivity contribution in [1.82, 2.24) is 9.71 Å². The molecule has 0 saturated carbocycles. The molecule has 4 N–H and O–H groups in total. The van der Waals surface area contributed by atoms with Gasteiger partial charge in [-0.25, -0.2) is 13.1 Å². The summed E-state index contributed by atoms with van der Waals surface area (Å²) in [7, 11) is -3.80. The third kappa shape index (κ3) is 2.74. The van der Waals surface area contributed by atoms with E-state index in [4.69, 9.17) is 5.73 Å². The molecule has 0 radical (unpaired) electrons. The quantitative estimate of drug-likeness (QED) is 0.726. The molecule has 20 heavy (non-hydrogen) atoms. The maximum absolute atomic E-state index is 12.4. The first kappa shape index (κ1) is 14.7. The van der Waals surface area contributed by atoms with E-state index in [9.17, 15) is 13.5 Å². The van der Waals surface area contributed by atoms with E-state index in [-0.39, 0.29) is 11.5 Å². The molecule has 6 nitrogen and oxygen atoms in total. The molecule has 7 heteroatoms. The number of nitrogens with two attached hydrogens (primary N) is 1. The number of hydrogen-bond donors (Lipinski definition) is 3. The predicted octanol–water partition coefficient (Wildman–Crippen LogP) is 0.866. The zero-order valence-corrected chi connectivity index (χ0v) is 12.1. The number of nitrogen functional groups attached to an aromatic ring is 1. The molecule has 0 spiro atoms. The van der Waals surface area contributed by atoms with E-state index in [0.29, 0.717) is 16.6 Å². The van der Waals surface area contributed by atoms with Crippen molar-refractivity contribution in [1.29, 1.82) is 0 Å². The SMILES string of the molecule is CC(C)(CO)NS(=O)(=O)c1ccc(N)c2cccnc12.